The van der Waals surface area contributed by atoms with Gasteiger partial charge in [0.2, 0.25) is 15.9 Å². The number of nitrogens with zero attached hydrogens (tertiary/aromatic N) is 1. The van der Waals surface area contributed by atoms with Crippen molar-refractivity contribution in [1.29, 1.82) is 0 Å². The van der Waals surface area contributed by atoms with Crippen LogP contribution >= 0.6 is 0 Å². The summed E-state index contributed by atoms with van der Waals surface area (Å²) < 4.78 is 26.5. The lowest BCUT2D eigenvalue weighted by atomic mass is 10.2. The fraction of sp³-hybridized carbons (Fsp3) is 0.500. The van der Waals surface area contributed by atoms with Gasteiger partial charge in [-0.15, -0.1) is 0 Å². The van der Waals surface area contributed by atoms with E-state index in [0.717, 1.165) is 18.5 Å². The Balaban J connectivity index is 2.11. The van der Waals surface area contributed by atoms with E-state index in [1.807, 2.05) is 0 Å². The van der Waals surface area contributed by atoms with Gasteiger partial charge in [0.1, 0.15) is 0 Å². The number of nitrogens with one attached hydrogen (secondary N) is 2. The van der Waals surface area contributed by atoms with Crippen LogP contribution < -0.4 is 10.6 Å². The van der Waals surface area contributed by atoms with Gasteiger partial charge in [-0.1, -0.05) is 12.1 Å². The summed E-state index contributed by atoms with van der Waals surface area (Å²) in [5, 5.41) is 5.85. The van der Waals surface area contributed by atoms with E-state index >= 15 is 0 Å². The molecule has 1 fully saturated rings. The molecule has 0 aliphatic carbocycles. The first kappa shape index (κ1) is 15.9. The molecule has 1 unspecified atom stereocenters. The topological polar surface area (TPSA) is 78.5 Å². The highest BCUT2D eigenvalue weighted by atomic mass is 32.2. The Morgan fingerprint density at radius 3 is 2.57 bits per heavy atom. The smallest absolute Gasteiger partial charge is 0.243 e. The molecule has 1 aromatic carbocycles. The Hall–Kier alpha value is -1.44. The summed E-state index contributed by atoms with van der Waals surface area (Å²) in [7, 11) is -1.84. The third kappa shape index (κ3) is 3.81. The van der Waals surface area contributed by atoms with Gasteiger partial charge in [0.05, 0.1) is 4.90 Å². The molecule has 1 aliphatic rings. The highest BCUT2D eigenvalue weighted by molar-refractivity contribution is 7.89. The summed E-state index contributed by atoms with van der Waals surface area (Å²) in [6.45, 7) is 3.39. The number of carbonyl (C=O) groups excluding carboxylic acids is 1. The minimum absolute atomic E-state index is 0.00839. The summed E-state index contributed by atoms with van der Waals surface area (Å²) in [6, 6.07) is 6.64. The van der Waals surface area contributed by atoms with Crippen LogP contribution in [0, 0.1) is 0 Å². The number of hydrogen-bond acceptors (Lipinski definition) is 4. The Bertz CT molecular complexity index is 592. The van der Waals surface area contributed by atoms with Gasteiger partial charge in [0.25, 0.3) is 0 Å². The molecule has 0 aromatic heterocycles. The van der Waals surface area contributed by atoms with E-state index in [9.17, 15) is 13.2 Å². The Morgan fingerprint density at radius 1 is 1.38 bits per heavy atom. The minimum Gasteiger partial charge on any atom is -0.352 e. The molecule has 2 N–H and O–H groups in total. The standard InChI is InChI=1S/C14H21N3O3S/c1-11(18)16-9-12-3-5-14(6-4-12)21(19,20)17(2)13-7-8-15-10-13/h3-6,13,15H,7-10H2,1-2H3,(H,16,18). The van der Waals surface area contributed by atoms with Crippen molar-refractivity contribution < 1.29 is 13.2 Å². The van der Waals surface area contributed by atoms with Crippen LogP contribution in [-0.4, -0.2) is 44.8 Å². The van der Waals surface area contributed by atoms with E-state index in [2.05, 4.69) is 10.6 Å². The number of hydrogen-bond donors (Lipinski definition) is 2. The van der Waals surface area contributed by atoms with E-state index in [-0.39, 0.29) is 16.8 Å². The molecule has 1 aromatic rings. The fourth-order valence-corrected chi connectivity index (χ4v) is 3.70. The highest BCUT2D eigenvalue weighted by Crippen LogP contribution is 2.19. The van der Waals surface area contributed by atoms with Crippen molar-refractivity contribution in [2.75, 3.05) is 20.1 Å². The van der Waals surface area contributed by atoms with Crippen LogP contribution in [0.5, 0.6) is 0 Å². The molecule has 1 heterocycles. The zero-order valence-electron chi connectivity index (χ0n) is 12.3. The number of carbonyl (C=O) groups is 1. The first-order chi connectivity index (χ1) is 9.91. The second kappa shape index (κ2) is 6.55. The fourth-order valence-electron chi connectivity index (χ4n) is 2.32. The molecule has 6 nitrogen and oxygen atoms in total. The molecule has 0 saturated carbocycles. The SMILES string of the molecule is CC(=O)NCc1ccc(S(=O)(=O)N(C)C2CCNC2)cc1. The van der Waals surface area contributed by atoms with Crippen molar-refractivity contribution in [2.24, 2.45) is 0 Å². The van der Waals surface area contributed by atoms with Crippen LogP contribution in [0.15, 0.2) is 29.2 Å². The van der Waals surface area contributed by atoms with Crippen molar-refractivity contribution >= 4 is 15.9 Å². The lowest BCUT2D eigenvalue weighted by Gasteiger charge is -2.23. The number of rotatable bonds is 5. The monoisotopic (exact) mass is 311 g/mol. The Kier molecular flexibility index (Phi) is 4.97. The molecule has 1 aliphatic heterocycles. The Morgan fingerprint density at radius 2 is 2.05 bits per heavy atom. The molecule has 1 atom stereocenters. The van der Waals surface area contributed by atoms with Gasteiger partial charge in [0, 0.05) is 33.1 Å². The zero-order valence-corrected chi connectivity index (χ0v) is 13.1. The van der Waals surface area contributed by atoms with Crippen LogP contribution in [0.4, 0.5) is 0 Å². The predicted octanol–water partition coefficient (Wildman–Crippen LogP) is 0.305. The van der Waals surface area contributed by atoms with Crippen molar-refractivity contribution in [1.82, 2.24) is 14.9 Å². The normalized spacial score (nSPS) is 18.9. The molecule has 1 saturated heterocycles. The largest absolute Gasteiger partial charge is 0.352 e. The van der Waals surface area contributed by atoms with Gasteiger partial charge in [-0.25, -0.2) is 8.42 Å². The maximum atomic E-state index is 12.5. The van der Waals surface area contributed by atoms with Crippen molar-refractivity contribution in [3.63, 3.8) is 0 Å². The van der Waals surface area contributed by atoms with Gasteiger partial charge in [-0.2, -0.15) is 4.31 Å². The molecule has 0 spiro atoms. The second-order valence-electron chi connectivity index (χ2n) is 5.22. The summed E-state index contributed by atoms with van der Waals surface area (Å²) in [5.41, 5.74) is 0.870. The van der Waals surface area contributed by atoms with E-state index in [0.29, 0.717) is 13.1 Å². The molecule has 1 amide bonds. The second-order valence-corrected chi connectivity index (χ2v) is 7.22. The average molecular weight is 311 g/mol. The molecule has 7 heteroatoms. The first-order valence-electron chi connectivity index (χ1n) is 6.93. The van der Waals surface area contributed by atoms with E-state index in [4.69, 9.17) is 0 Å². The van der Waals surface area contributed by atoms with Gasteiger partial charge in [0.15, 0.2) is 0 Å². The van der Waals surface area contributed by atoms with Crippen LogP contribution in [0.3, 0.4) is 0 Å². The van der Waals surface area contributed by atoms with Crippen molar-refractivity contribution in [3.05, 3.63) is 29.8 Å². The molecule has 2 rings (SSSR count). The number of likely N-dealkylation sites (N-methyl/N-ethyl adjacent to an activating group) is 1. The summed E-state index contributed by atoms with van der Waals surface area (Å²) >= 11 is 0. The molecule has 21 heavy (non-hydrogen) atoms. The van der Waals surface area contributed by atoms with Gasteiger partial charge >= 0.3 is 0 Å². The first-order valence-corrected chi connectivity index (χ1v) is 8.37. The van der Waals surface area contributed by atoms with E-state index in [1.54, 1.807) is 31.3 Å². The van der Waals surface area contributed by atoms with Crippen molar-refractivity contribution in [2.45, 2.75) is 30.8 Å². The van der Waals surface area contributed by atoms with E-state index < -0.39 is 10.0 Å². The van der Waals surface area contributed by atoms with Gasteiger partial charge in [-0.05, 0) is 30.7 Å². The van der Waals surface area contributed by atoms with Gasteiger partial charge < -0.3 is 10.6 Å². The highest BCUT2D eigenvalue weighted by Gasteiger charge is 2.29. The number of amides is 1. The number of benzene rings is 1. The van der Waals surface area contributed by atoms with Crippen LogP contribution in [0.2, 0.25) is 0 Å². The summed E-state index contributed by atoms with van der Waals surface area (Å²) in [5.74, 6) is -0.111. The van der Waals surface area contributed by atoms with Crippen LogP contribution in [0.25, 0.3) is 0 Å². The van der Waals surface area contributed by atoms with Gasteiger partial charge in [-0.3, -0.25) is 4.79 Å². The molecular weight excluding hydrogens is 290 g/mol. The summed E-state index contributed by atoms with van der Waals surface area (Å²) in [6.07, 6.45) is 0.830. The molecule has 0 bridgehead atoms. The Labute approximate surface area is 125 Å². The summed E-state index contributed by atoms with van der Waals surface area (Å²) in [4.78, 5) is 11.1. The zero-order chi connectivity index (χ0) is 15.5. The van der Waals surface area contributed by atoms with Crippen LogP contribution in [0.1, 0.15) is 18.9 Å². The lowest BCUT2D eigenvalue weighted by Crippen LogP contribution is -2.38. The minimum atomic E-state index is -3.46. The molecular formula is C14H21N3O3S. The molecule has 0 radical (unpaired) electrons. The third-order valence-corrected chi connectivity index (χ3v) is 5.61. The van der Waals surface area contributed by atoms with Crippen LogP contribution in [-0.2, 0) is 21.4 Å². The predicted molar refractivity (Wildman–Crippen MR) is 80.2 cm³/mol. The average Bonchev–Trinajstić information content (AvgIpc) is 2.98. The number of sulfonamides is 1. The third-order valence-electron chi connectivity index (χ3n) is 3.69. The maximum absolute atomic E-state index is 12.5. The van der Waals surface area contributed by atoms with E-state index in [1.165, 1.54) is 11.2 Å². The van der Waals surface area contributed by atoms with Crippen molar-refractivity contribution in [3.8, 4) is 0 Å². The maximum Gasteiger partial charge on any atom is 0.243 e. The quantitative estimate of drug-likeness (QED) is 0.820. The lowest BCUT2D eigenvalue weighted by molar-refractivity contribution is -0.119. The molecule has 116 valence electrons.